The van der Waals surface area contributed by atoms with Crippen LogP contribution in [0, 0.1) is 5.92 Å². The van der Waals surface area contributed by atoms with Gasteiger partial charge in [-0.25, -0.2) is 0 Å². The van der Waals surface area contributed by atoms with Crippen molar-refractivity contribution in [3.05, 3.63) is 24.0 Å². The van der Waals surface area contributed by atoms with Crippen LogP contribution in [0.15, 0.2) is 18.3 Å². The quantitative estimate of drug-likeness (QED) is 0.855. The lowest BCUT2D eigenvalue weighted by atomic mass is 9.98. The van der Waals surface area contributed by atoms with E-state index in [1.165, 1.54) is 12.8 Å². The predicted octanol–water partition coefficient (Wildman–Crippen LogP) is 1.86. The summed E-state index contributed by atoms with van der Waals surface area (Å²) in [4.78, 5) is 17.4. The largest absolute Gasteiger partial charge is 0.357 e. The van der Waals surface area contributed by atoms with Crippen LogP contribution in [0.25, 0.3) is 0 Å². The lowest BCUT2D eigenvalue weighted by molar-refractivity contribution is 0.0655. The molecule has 1 aliphatic heterocycles. The maximum absolute atomic E-state index is 12.4. The first kappa shape index (κ1) is 13.1. The fraction of sp³-hybridized carbons (Fsp3) is 0.643. The molecule has 1 fully saturated rings. The van der Waals surface area contributed by atoms with Gasteiger partial charge in [0.15, 0.2) is 0 Å². The number of aromatic amines is 1. The van der Waals surface area contributed by atoms with Crippen molar-refractivity contribution in [3.63, 3.8) is 0 Å². The minimum Gasteiger partial charge on any atom is -0.357 e. The van der Waals surface area contributed by atoms with E-state index >= 15 is 0 Å². The summed E-state index contributed by atoms with van der Waals surface area (Å²) in [5.74, 6) is 0.695. The molecule has 100 valence electrons. The molecule has 0 aromatic carbocycles. The van der Waals surface area contributed by atoms with Crippen LogP contribution in [0.2, 0.25) is 0 Å². The second-order valence-corrected chi connectivity index (χ2v) is 5.35. The summed E-state index contributed by atoms with van der Waals surface area (Å²) < 4.78 is 0. The molecule has 1 aliphatic rings. The molecule has 1 amide bonds. The molecule has 2 rings (SSSR count). The lowest BCUT2D eigenvalue weighted by Gasteiger charge is -2.32. The number of aromatic nitrogens is 1. The first-order valence-corrected chi connectivity index (χ1v) is 6.83. The number of hydrogen-bond acceptors (Lipinski definition) is 2. The SMILES string of the molecule is CC(C)N(CC1CCCNC1)C(=O)c1ccc[nH]1. The van der Waals surface area contributed by atoms with Gasteiger partial charge in [-0.2, -0.15) is 0 Å². The van der Waals surface area contributed by atoms with Gasteiger partial charge in [0.1, 0.15) is 5.69 Å². The second kappa shape index (κ2) is 6.05. The van der Waals surface area contributed by atoms with Gasteiger partial charge in [0, 0.05) is 18.8 Å². The third-order valence-corrected chi connectivity index (χ3v) is 3.57. The van der Waals surface area contributed by atoms with Gasteiger partial charge in [0.05, 0.1) is 0 Å². The van der Waals surface area contributed by atoms with E-state index in [-0.39, 0.29) is 11.9 Å². The monoisotopic (exact) mass is 249 g/mol. The molecular weight excluding hydrogens is 226 g/mol. The van der Waals surface area contributed by atoms with E-state index < -0.39 is 0 Å². The average molecular weight is 249 g/mol. The molecule has 1 unspecified atom stereocenters. The van der Waals surface area contributed by atoms with E-state index in [0.29, 0.717) is 11.6 Å². The maximum atomic E-state index is 12.4. The van der Waals surface area contributed by atoms with Crippen LogP contribution >= 0.6 is 0 Å². The molecule has 0 radical (unpaired) electrons. The first-order valence-electron chi connectivity index (χ1n) is 6.83. The Bertz CT molecular complexity index is 366. The van der Waals surface area contributed by atoms with E-state index in [2.05, 4.69) is 24.1 Å². The molecule has 1 saturated heterocycles. The molecule has 1 aromatic heterocycles. The Morgan fingerprint density at radius 3 is 2.94 bits per heavy atom. The van der Waals surface area contributed by atoms with Crippen LogP contribution in [0.5, 0.6) is 0 Å². The number of piperidine rings is 1. The van der Waals surface area contributed by atoms with Gasteiger partial charge in [-0.05, 0) is 57.8 Å². The predicted molar refractivity (Wildman–Crippen MR) is 72.6 cm³/mol. The van der Waals surface area contributed by atoms with Crippen molar-refractivity contribution in [2.45, 2.75) is 32.7 Å². The van der Waals surface area contributed by atoms with Crippen molar-refractivity contribution in [1.82, 2.24) is 15.2 Å². The Kier molecular flexibility index (Phi) is 4.42. The molecule has 1 atom stereocenters. The highest BCUT2D eigenvalue weighted by Crippen LogP contribution is 2.15. The second-order valence-electron chi connectivity index (χ2n) is 5.35. The van der Waals surface area contributed by atoms with Gasteiger partial charge in [0.25, 0.3) is 5.91 Å². The highest BCUT2D eigenvalue weighted by atomic mass is 16.2. The Morgan fingerprint density at radius 1 is 1.56 bits per heavy atom. The maximum Gasteiger partial charge on any atom is 0.270 e. The fourth-order valence-electron chi connectivity index (χ4n) is 2.50. The zero-order chi connectivity index (χ0) is 13.0. The highest BCUT2D eigenvalue weighted by molar-refractivity contribution is 5.92. The number of nitrogens with zero attached hydrogens (tertiary/aromatic N) is 1. The van der Waals surface area contributed by atoms with Gasteiger partial charge in [-0.3, -0.25) is 4.79 Å². The Morgan fingerprint density at radius 2 is 2.39 bits per heavy atom. The summed E-state index contributed by atoms with van der Waals surface area (Å²) in [6.45, 7) is 7.15. The van der Waals surface area contributed by atoms with Crippen molar-refractivity contribution in [2.24, 2.45) is 5.92 Å². The molecule has 18 heavy (non-hydrogen) atoms. The van der Waals surface area contributed by atoms with E-state index in [0.717, 1.165) is 19.6 Å². The number of amides is 1. The Labute approximate surface area is 109 Å². The van der Waals surface area contributed by atoms with Gasteiger partial charge < -0.3 is 15.2 Å². The number of H-pyrrole nitrogens is 1. The average Bonchev–Trinajstić information content (AvgIpc) is 2.90. The standard InChI is InChI=1S/C14H23N3O/c1-11(2)17(10-12-5-3-7-15-9-12)14(18)13-6-4-8-16-13/h4,6,8,11-12,15-16H,3,5,7,9-10H2,1-2H3. The summed E-state index contributed by atoms with van der Waals surface area (Å²) >= 11 is 0. The zero-order valence-electron chi connectivity index (χ0n) is 11.3. The summed E-state index contributed by atoms with van der Waals surface area (Å²) in [6, 6.07) is 3.95. The molecule has 4 heteroatoms. The summed E-state index contributed by atoms with van der Waals surface area (Å²) in [5.41, 5.74) is 0.687. The van der Waals surface area contributed by atoms with Crippen LogP contribution in [-0.2, 0) is 0 Å². The van der Waals surface area contributed by atoms with Crippen LogP contribution in [0.3, 0.4) is 0 Å². The molecule has 2 heterocycles. The number of carbonyl (C=O) groups excluding carboxylic acids is 1. The minimum atomic E-state index is 0.112. The zero-order valence-corrected chi connectivity index (χ0v) is 11.3. The van der Waals surface area contributed by atoms with Crippen molar-refractivity contribution < 1.29 is 4.79 Å². The van der Waals surface area contributed by atoms with Gasteiger partial charge in [-0.1, -0.05) is 0 Å². The normalized spacial score (nSPS) is 20.1. The van der Waals surface area contributed by atoms with Crippen LogP contribution in [-0.4, -0.2) is 41.5 Å². The van der Waals surface area contributed by atoms with E-state index in [4.69, 9.17) is 0 Å². The number of rotatable bonds is 4. The molecule has 0 saturated carbocycles. The number of nitrogens with one attached hydrogen (secondary N) is 2. The van der Waals surface area contributed by atoms with E-state index in [1.54, 1.807) is 6.20 Å². The van der Waals surface area contributed by atoms with Crippen LogP contribution < -0.4 is 5.32 Å². The van der Waals surface area contributed by atoms with Gasteiger partial charge in [0.2, 0.25) is 0 Å². The summed E-state index contributed by atoms with van der Waals surface area (Å²) in [6.07, 6.45) is 4.23. The summed E-state index contributed by atoms with van der Waals surface area (Å²) in [5, 5.41) is 3.41. The number of hydrogen-bond donors (Lipinski definition) is 2. The third kappa shape index (κ3) is 3.13. The third-order valence-electron chi connectivity index (χ3n) is 3.57. The molecular formula is C14H23N3O. The van der Waals surface area contributed by atoms with Crippen LogP contribution in [0.1, 0.15) is 37.2 Å². The van der Waals surface area contributed by atoms with Crippen molar-refractivity contribution in [3.8, 4) is 0 Å². The van der Waals surface area contributed by atoms with Crippen LogP contribution in [0.4, 0.5) is 0 Å². The Hall–Kier alpha value is -1.29. The summed E-state index contributed by atoms with van der Waals surface area (Å²) in [7, 11) is 0. The minimum absolute atomic E-state index is 0.112. The molecule has 4 nitrogen and oxygen atoms in total. The number of carbonyl (C=O) groups is 1. The van der Waals surface area contributed by atoms with Crippen molar-refractivity contribution in [1.29, 1.82) is 0 Å². The van der Waals surface area contributed by atoms with E-state index in [1.807, 2.05) is 17.0 Å². The fourth-order valence-corrected chi connectivity index (χ4v) is 2.50. The van der Waals surface area contributed by atoms with Gasteiger partial charge in [-0.15, -0.1) is 0 Å². The molecule has 0 spiro atoms. The molecule has 0 aliphatic carbocycles. The lowest BCUT2D eigenvalue weighted by Crippen LogP contribution is -2.44. The molecule has 0 bridgehead atoms. The van der Waals surface area contributed by atoms with Crippen molar-refractivity contribution in [2.75, 3.05) is 19.6 Å². The highest BCUT2D eigenvalue weighted by Gasteiger charge is 2.24. The molecule has 2 N–H and O–H groups in total. The smallest absolute Gasteiger partial charge is 0.270 e. The van der Waals surface area contributed by atoms with Gasteiger partial charge >= 0.3 is 0 Å². The Balaban J connectivity index is 2.01. The topological polar surface area (TPSA) is 48.1 Å². The first-order chi connectivity index (χ1) is 8.68. The molecule has 1 aromatic rings. The van der Waals surface area contributed by atoms with E-state index in [9.17, 15) is 4.79 Å². The van der Waals surface area contributed by atoms with Crippen molar-refractivity contribution >= 4 is 5.91 Å².